The highest BCUT2D eigenvalue weighted by atomic mass is 32.2. The van der Waals surface area contributed by atoms with Crippen molar-refractivity contribution < 1.29 is 0 Å². The quantitative estimate of drug-likeness (QED) is 0.672. The van der Waals surface area contributed by atoms with Gasteiger partial charge in [0.15, 0.2) is 0 Å². The Morgan fingerprint density at radius 3 is 2.71 bits per heavy atom. The molecule has 0 spiro atoms. The van der Waals surface area contributed by atoms with Gasteiger partial charge < -0.3 is 5.32 Å². The second-order valence-corrected chi connectivity index (χ2v) is 7.36. The lowest BCUT2D eigenvalue weighted by molar-refractivity contribution is 0.227. The van der Waals surface area contributed by atoms with Gasteiger partial charge in [0.1, 0.15) is 0 Å². The van der Waals surface area contributed by atoms with E-state index in [0.717, 1.165) is 17.9 Å². The van der Waals surface area contributed by atoms with Crippen molar-refractivity contribution in [1.82, 2.24) is 5.32 Å². The Balaban J connectivity index is 1.94. The van der Waals surface area contributed by atoms with E-state index in [4.69, 9.17) is 0 Å². The van der Waals surface area contributed by atoms with E-state index in [1.807, 2.05) is 11.8 Å². The number of benzene rings is 1. The van der Waals surface area contributed by atoms with Gasteiger partial charge in [0.2, 0.25) is 0 Å². The summed E-state index contributed by atoms with van der Waals surface area (Å²) >= 11 is 1.99. The molecule has 118 valence electrons. The zero-order valence-electron chi connectivity index (χ0n) is 13.7. The standard InChI is InChI=1S/C19H31NS/c1-3-13-20-19-12-11-17(16-8-5-4-6-9-16)15-18(19)10-7-14-21-2/h4-6,8-9,17-20H,3,7,10-15H2,1-2H3. The molecule has 0 amide bonds. The molecule has 0 bridgehead atoms. The van der Waals surface area contributed by atoms with Gasteiger partial charge in [-0.05, 0) is 74.5 Å². The van der Waals surface area contributed by atoms with Crippen LogP contribution in [0.2, 0.25) is 0 Å². The highest BCUT2D eigenvalue weighted by Crippen LogP contribution is 2.38. The van der Waals surface area contributed by atoms with Gasteiger partial charge in [-0.2, -0.15) is 11.8 Å². The molecule has 1 aromatic carbocycles. The van der Waals surface area contributed by atoms with E-state index in [1.165, 1.54) is 50.8 Å². The number of rotatable bonds is 8. The molecule has 3 atom stereocenters. The van der Waals surface area contributed by atoms with Crippen LogP contribution in [-0.2, 0) is 0 Å². The highest BCUT2D eigenvalue weighted by molar-refractivity contribution is 7.98. The zero-order chi connectivity index (χ0) is 14.9. The molecule has 1 aliphatic rings. The lowest BCUT2D eigenvalue weighted by Crippen LogP contribution is -2.40. The molecule has 0 aliphatic heterocycles. The van der Waals surface area contributed by atoms with E-state index >= 15 is 0 Å². The first-order valence-electron chi connectivity index (χ1n) is 8.62. The molecule has 0 aromatic heterocycles. The SMILES string of the molecule is CCCNC1CCC(c2ccccc2)CC1CCCSC. The normalized spacial score (nSPS) is 25.9. The van der Waals surface area contributed by atoms with Crippen molar-refractivity contribution in [2.24, 2.45) is 5.92 Å². The molecule has 1 aliphatic carbocycles. The second kappa shape index (κ2) is 9.53. The van der Waals surface area contributed by atoms with Gasteiger partial charge >= 0.3 is 0 Å². The van der Waals surface area contributed by atoms with Gasteiger partial charge in [-0.1, -0.05) is 37.3 Å². The van der Waals surface area contributed by atoms with Crippen LogP contribution in [-0.4, -0.2) is 24.6 Å². The van der Waals surface area contributed by atoms with Crippen molar-refractivity contribution in [2.75, 3.05) is 18.6 Å². The lowest BCUT2D eigenvalue weighted by atomic mass is 9.73. The lowest BCUT2D eigenvalue weighted by Gasteiger charge is -2.37. The molecule has 0 radical (unpaired) electrons. The van der Waals surface area contributed by atoms with Gasteiger partial charge in [-0.3, -0.25) is 0 Å². The van der Waals surface area contributed by atoms with E-state index in [9.17, 15) is 0 Å². The molecule has 0 saturated heterocycles. The van der Waals surface area contributed by atoms with Gasteiger partial charge in [-0.15, -0.1) is 0 Å². The number of hydrogen-bond acceptors (Lipinski definition) is 2. The minimum Gasteiger partial charge on any atom is -0.314 e. The Morgan fingerprint density at radius 1 is 1.19 bits per heavy atom. The van der Waals surface area contributed by atoms with Crippen LogP contribution in [0.1, 0.15) is 56.9 Å². The molecular formula is C19H31NS. The van der Waals surface area contributed by atoms with E-state index in [2.05, 4.69) is 48.8 Å². The Labute approximate surface area is 135 Å². The van der Waals surface area contributed by atoms with Gasteiger partial charge in [0, 0.05) is 6.04 Å². The van der Waals surface area contributed by atoms with E-state index in [-0.39, 0.29) is 0 Å². The molecule has 2 rings (SSSR count). The third-order valence-electron chi connectivity index (χ3n) is 4.83. The largest absolute Gasteiger partial charge is 0.314 e. The molecule has 3 unspecified atom stereocenters. The fourth-order valence-corrected chi connectivity index (χ4v) is 4.15. The van der Waals surface area contributed by atoms with Crippen LogP contribution in [0.5, 0.6) is 0 Å². The number of nitrogens with one attached hydrogen (secondary N) is 1. The fraction of sp³-hybridized carbons (Fsp3) is 0.684. The van der Waals surface area contributed by atoms with Gasteiger partial charge in [0.05, 0.1) is 0 Å². The zero-order valence-corrected chi connectivity index (χ0v) is 14.5. The Morgan fingerprint density at radius 2 is 2.00 bits per heavy atom. The topological polar surface area (TPSA) is 12.0 Å². The molecule has 1 saturated carbocycles. The first-order valence-corrected chi connectivity index (χ1v) is 10.0. The summed E-state index contributed by atoms with van der Waals surface area (Å²) in [4.78, 5) is 0. The Hall–Kier alpha value is -0.470. The molecule has 2 heteroatoms. The van der Waals surface area contributed by atoms with Crippen molar-refractivity contribution in [1.29, 1.82) is 0 Å². The smallest absolute Gasteiger partial charge is 0.00957 e. The van der Waals surface area contributed by atoms with Crippen molar-refractivity contribution in [2.45, 2.75) is 57.4 Å². The van der Waals surface area contributed by atoms with Crippen LogP contribution >= 0.6 is 11.8 Å². The Bertz CT molecular complexity index is 378. The van der Waals surface area contributed by atoms with E-state index in [1.54, 1.807) is 5.56 Å². The fourth-order valence-electron chi connectivity index (χ4n) is 3.70. The monoisotopic (exact) mass is 305 g/mol. The predicted molar refractivity (Wildman–Crippen MR) is 96.2 cm³/mol. The summed E-state index contributed by atoms with van der Waals surface area (Å²) in [7, 11) is 0. The van der Waals surface area contributed by atoms with Crippen molar-refractivity contribution in [3.05, 3.63) is 35.9 Å². The van der Waals surface area contributed by atoms with Gasteiger partial charge in [0.25, 0.3) is 0 Å². The minimum absolute atomic E-state index is 0.756. The average Bonchev–Trinajstić information content (AvgIpc) is 2.54. The van der Waals surface area contributed by atoms with Crippen LogP contribution in [0, 0.1) is 5.92 Å². The molecular weight excluding hydrogens is 274 g/mol. The summed E-state index contributed by atoms with van der Waals surface area (Å²) in [6.07, 6.45) is 10.3. The summed E-state index contributed by atoms with van der Waals surface area (Å²) < 4.78 is 0. The summed E-state index contributed by atoms with van der Waals surface area (Å²) in [5.41, 5.74) is 1.56. The summed E-state index contributed by atoms with van der Waals surface area (Å²) in [5, 5.41) is 3.81. The van der Waals surface area contributed by atoms with E-state index < -0.39 is 0 Å². The summed E-state index contributed by atoms with van der Waals surface area (Å²) in [5.74, 6) is 2.96. The summed E-state index contributed by atoms with van der Waals surface area (Å²) in [6.45, 7) is 3.45. The third-order valence-corrected chi connectivity index (χ3v) is 5.53. The average molecular weight is 306 g/mol. The molecule has 0 heterocycles. The van der Waals surface area contributed by atoms with E-state index in [0.29, 0.717) is 0 Å². The van der Waals surface area contributed by atoms with Crippen LogP contribution in [0.25, 0.3) is 0 Å². The maximum atomic E-state index is 3.81. The van der Waals surface area contributed by atoms with Crippen molar-refractivity contribution >= 4 is 11.8 Å². The molecule has 1 aromatic rings. The molecule has 1 nitrogen and oxygen atoms in total. The highest BCUT2D eigenvalue weighted by Gasteiger charge is 2.30. The molecule has 21 heavy (non-hydrogen) atoms. The second-order valence-electron chi connectivity index (χ2n) is 6.38. The first kappa shape index (κ1) is 16.9. The first-order chi connectivity index (χ1) is 10.3. The number of hydrogen-bond donors (Lipinski definition) is 1. The third kappa shape index (κ3) is 5.34. The Kier molecular flexibility index (Phi) is 7.66. The predicted octanol–water partition coefficient (Wildman–Crippen LogP) is 5.08. The minimum atomic E-state index is 0.756. The van der Waals surface area contributed by atoms with Crippen molar-refractivity contribution in [3.8, 4) is 0 Å². The molecule has 1 N–H and O–H groups in total. The number of thioether (sulfide) groups is 1. The van der Waals surface area contributed by atoms with Crippen molar-refractivity contribution in [3.63, 3.8) is 0 Å². The van der Waals surface area contributed by atoms with Crippen LogP contribution in [0.4, 0.5) is 0 Å². The van der Waals surface area contributed by atoms with Crippen LogP contribution in [0.3, 0.4) is 0 Å². The van der Waals surface area contributed by atoms with Crippen LogP contribution < -0.4 is 5.32 Å². The van der Waals surface area contributed by atoms with Gasteiger partial charge in [-0.25, -0.2) is 0 Å². The van der Waals surface area contributed by atoms with Crippen LogP contribution in [0.15, 0.2) is 30.3 Å². The molecule has 1 fully saturated rings. The maximum Gasteiger partial charge on any atom is 0.00957 e. The summed E-state index contributed by atoms with van der Waals surface area (Å²) in [6, 6.07) is 11.9. The maximum absolute atomic E-state index is 3.81.